The summed E-state index contributed by atoms with van der Waals surface area (Å²) in [4.78, 5) is 11.8. The summed E-state index contributed by atoms with van der Waals surface area (Å²) in [7, 11) is 0. The molecule has 0 radical (unpaired) electrons. The smallest absolute Gasteiger partial charge is 0.356 e. The zero-order valence-corrected chi connectivity index (χ0v) is 14.3. The van der Waals surface area contributed by atoms with Crippen LogP contribution in [-0.4, -0.2) is 16.8 Å². The van der Waals surface area contributed by atoms with Crippen molar-refractivity contribution in [3.05, 3.63) is 83.9 Å². The molecule has 0 bridgehead atoms. The van der Waals surface area contributed by atoms with Crippen molar-refractivity contribution in [1.82, 2.24) is 0 Å². The van der Waals surface area contributed by atoms with E-state index in [4.69, 9.17) is 5.73 Å². The molecule has 3 aromatic carbocycles. The van der Waals surface area contributed by atoms with E-state index in [-0.39, 0.29) is 11.4 Å². The van der Waals surface area contributed by atoms with Gasteiger partial charge in [0.05, 0.1) is 16.9 Å². The number of carbonyl (C=O) groups is 1. The highest BCUT2D eigenvalue weighted by Crippen LogP contribution is 2.29. The van der Waals surface area contributed by atoms with Gasteiger partial charge in [0.1, 0.15) is 6.07 Å². The number of anilines is 2. The fourth-order valence-electron chi connectivity index (χ4n) is 2.64. The molecule has 0 heterocycles. The number of rotatable bonds is 5. The molecule has 6 heteroatoms. The van der Waals surface area contributed by atoms with E-state index in [1.54, 1.807) is 18.2 Å². The number of nitrogens with zero attached hydrogens (tertiary/aromatic N) is 2. The third-order valence-corrected chi connectivity index (χ3v) is 3.91. The van der Waals surface area contributed by atoms with Crippen LogP contribution in [0.25, 0.3) is 11.1 Å². The highest BCUT2D eigenvalue weighted by molar-refractivity contribution is 6.43. The Labute approximate surface area is 156 Å². The molecule has 0 unspecified atom stereocenters. The summed E-state index contributed by atoms with van der Waals surface area (Å²) < 4.78 is 0. The Morgan fingerprint density at radius 1 is 1.04 bits per heavy atom. The molecule has 3 rings (SSSR count). The van der Waals surface area contributed by atoms with Gasteiger partial charge in [-0.15, -0.1) is 0 Å². The van der Waals surface area contributed by atoms with Crippen molar-refractivity contribution in [2.75, 3.05) is 11.2 Å². The zero-order chi connectivity index (χ0) is 19.2. The molecule has 0 amide bonds. The average Bonchev–Trinajstić information content (AvgIpc) is 2.69. The molecule has 4 N–H and O–H groups in total. The van der Waals surface area contributed by atoms with Crippen molar-refractivity contribution in [1.29, 1.82) is 5.26 Å². The van der Waals surface area contributed by atoms with Gasteiger partial charge in [0.15, 0.2) is 5.71 Å². The van der Waals surface area contributed by atoms with Crippen LogP contribution in [0.4, 0.5) is 11.4 Å². The van der Waals surface area contributed by atoms with Gasteiger partial charge in [0, 0.05) is 11.1 Å². The largest absolute Gasteiger partial charge is 0.476 e. The quantitative estimate of drug-likeness (QED) is 0.366. The minimum atomic E-state index is -1.21. The van der Waals surface area contributed by atoms with Crippen molar-refractivity contribution >= 4 is 23.1 Å². The molecule has 0 atom stereocenters. The number of nitrogens with one attached hydrogen (secondary N) is 1. The molecule has 3 aromatic rings. The van der Waals surface area contributed by atoms with E-state index in [0.29, 0.717) is 22.4 Å². The first kappa shape index (κ1) is 17.7. The molecule has 27 heavy (non-hydrogen) atoms. The Balaban J connectivity index is 2.10. The number of hydrogen-bond donors (Lipinski definition) is 3. The van der Waals surface area contributed by atoms with Gasteiger partial charge >= 0.3 is 5.97 Å². The SMILES string of the molecule is N#Cc1c(N)cc(/C(=N/Nc2ccccc2)C(=O)O)cc1-c1ccccc1. The van der Waals surface area contributed by atoms with Gasteiger partial charge in [-0.1, -0.05) is 48.5 Å². The lowest BCUT2D eigenvalue weighted by Crippen LogP contribution is -2.17. The third-order valence-electron chi connectivity index (χ3n) is 3.91. The summed E-state index contributed by atoms with van der Waals surface area (Å²) in [6.07, 6.45) is 0. The van der Waals surface area contributed by atoms with Crippen molar-refractivity contribution in [3.8, 4) is 17.2 Å². The molecular weight excluding hydrogens is 340 g/mol. The molecule has 0 aromatic heterocycles. The molecule has 0 fully saturated rings. The van der Waals surface area contributed by atoms with Gasteiger partial charge in [-0.25, -0.2) is 4.79 Å². The summed E-state index contributed by atoms with van der Waals surface area (Å²) in [6, 6.07) is 23.4. The highest BCUT2D eigenvalue weighted by Gasteiger charge is 2.18. The maximum atomic E-state index is 11.8. The summed E-state index contributed by atoms with van der Waals surface area (Å²) in [5.41, 5.74) is 11.3. The Kier molecular flexibility index (Phi) is 5.15. The zero-order valence-electron chi connectivity index (χ0n) is 14.3. The first-order valence-electron chi connectivity index (χ1n) is 8.11. The number of carboxylic acid groups (broad SMARTS) is 1. The lowest BCUT2D eigenvalue weighted by Gasteiger charge is -2.11. The van der Waals surface area contributed by atoms with Gasteiger partial charge in [-0.05, 0) is 29.8 Å². The lowest BCUT2D eigenvalue weighted by atomic mass is 9.95. The monoisotopic (exact) mass is 356 g/mol. The lowest BCUT2D eigenvalue weighted by molar-refractivity contribution is -0.129. The van der Waals surface area contributed by atoms with E-state index in [0.717, 1.165) is 5.56 Å². The van der Waals surface area contributed by atoms with Gasteiger partial charge in [0.25, 0.3) is 0 Å². The predicted molar refractivity (Wildman–Crippen MR) is 105 cm³/mol. The van der Waals surface area contributed by atoms with Gasteiger partial charge in [0.2, 0.25) is 0 Å². The molecular formula is C21H16N4O2. The maximum Gasteiger partial charge on any atom is 0.356 e. The summed E-state index contributed by atoms with van der Waals surface area (Å²) in [5.74, 6) is -1.21. The van der Waals surface area contributed by atoms with E-state index in [1.165, 1.54) is 6.07 Å². The minimum absolute atomic E-state index is 0.197. The van der Waals surface area contributed by atoms with Crippen molar-refractivity contribution in [2.24, 2.45) is 5.10 Å². The number of carboxylic acids is 1. The van der Waals surface area contributed by atoms with E-state index >= 15 is 0 Å². The first-order chi connectivity index (χ1) is 13.1. The van der Waals surface area contributed by atoms with Crippen LogP contribution in [0.2, 0.25) is 0 Å². The minimum Gasteiger partial charge on any atom is -0.476 e. The Morgan fingerprint density at radius 3 is 2.26 bits per heavy atom. The second kappa shape index (κ2) is 7.85. The number of nitrogens with two attached hydrogens (primary N) is 1. The second-order valence-electron chi connectivity index (χ2n) is 5.71. The van der Waals surface area contributed by atoms with Gasteiger partial charge < -0.3 is 10.8 Å². The fraction of sp³-hybridized carbons (Fsp3) is 0. The van der Waals surface area contributed by atoms with Crippen LogP contribution < -0.4 is 11.2 Å². The van der Waals surface area contributed by atoms with Crippen LogP contribution in [0.15, 0.2) is 77.9 Å². The normalized spacial score (nSPS) is 10.9. The summed E-state index contributed by atoms with van der Waals surface area (Å²) in [6.45, 7) is 0. The van der Waals surface area contributed by atoms with E-state index < -0.39 is 5.97 Å². The van der Waals surface area contributed by atoms with Crippen LogP contribution in [0, 0.1) is 11.3 Å². The van der Waals surface area contributed by atoms with E-state index in [1.807, 2.05) is 48.5 Å². The molecule has 0 aliphatic heterocycles. The van der Waals surface area contributed by atoms with Gasteiger partial charge in [-0.2, -0.15) is 10.4 Å². The van der Waals surface area contributed by atoms with E-state index in [2.05, 4.69) is 16.6 Å². The number of nitriles is 1. The summed E-state index contributed by atoms with van der Waals surface area (Å²) >= 11 is 0. The van der Waals surface area contributed by atoms with Crippen LogP contribution in [0.3, 0.4) is 0 Å². The number of hydrazone groups is 1. The number of para-hydroxylation sites is 1. The first-order valence-corrected chi connectivity index (χ1v) is 8.11. The Bertz CT molecular complexity index is 1040. The molecule has 0 spiro atoms. The molecule has 132 valence electrons. The molecule has 6 nitrogen and oxygen atoms in total. The van der Waals surface area contributed by atoms with Crippen LogP contribution >= 0.6 is 0 Å². The van der Waals surface area contributed by atoms with Crippen LogP contribution in [0.5, 0.6) is 0 Å². The Hall–Kier alpha value is -4.11. The van der Waals surface area contributed by atoms with Gasteiger partial charge in [-0.3, -0.25) is 5.43 Å². The summed E-state index contributed by atoms with van der Waals surface area (Å²) in [5, 5.41) is 23.1. The number of nitrogen functional groups attached to an aromatic ring is 1. The number of aliphatic carboxylic acids is 1. The average molecular weight is 356 g/mol. The number of hydrogen-bond acceptors (Lipinski definition) is 5. The molecule has 0 saturated carbocycles. The molecule has 0 aliphatic carbocycles. The van der Waals surface area contributed by atoms with Crippen molar-refractivity contribution in [2.45, 2.75) is 0 Å². The van der Waals surface area contributed by atoms with Crippen LogP contribution in [0.1, 0.15) is 11.1 Å². The molecule has 0 aliphatic rings. The van der Waals surface area contributed by atoms with Crippen molar-refractivity contribution in [3.63, 3.8) is 0 Å². The molecule has 0 saturated heterocycles. The highest BCUT2D eigenvalue weighted by atomic mass is 16.4. The third kappa shape index (κ3) is 3.94. The topological polar surface area (TPSA) is 112 Å². The van der Waals surface area contributed by atoms with Crippen molar-refractivity contribution < 1.29 is 9.90 Å². The fourth-order valence-corrected chi connectivity index (χ4v) is 2.64. The maximum absolute atomic E-state index is 11.8. The predicted octanol–water partition coefficient (Wildman–Crippen LogP) is 3.71. The van der Waals surface area contributed by atoms with E-state index in [9.17, 15) is 15.2 Å². The Morgan fingerprint density at radius 2 is 1.67 bits per heavy atom. The second-order valence-corrected chi connectivity index (χ2v) is 5.71. The standard InChI is InChI=1S/C21H16N4O2/c22-13-18-17(14-7-3-1-4-8-14)11-15(12-19(18)23)20(21(26)27)25-24-16-9-5-2-6-10-16/h1-12,24H,23H2,(H,26,27)/b25-20-. The number of benzene rings is 3. The van der Waals surface area contributed by atoms with Crippen LogP contribution in [-0.2, 0) is 4.79 Å².